The van der Waals surface area contributed by atoms with E-state index in [1.165, 1.54) is 6.92 Å². The molecule has 2 aromatic rings. The first-order valence-electron chi connectivity index (χ1n) is 7.64. The summed E-state index contributed by atoms with van der Waals surface area (Å²) in [4.78, 5) is 11.7. The number of halogens is 2. The predicted molar refractivity (Wildman–Crippen MR) is 86.7 cm³/mol. The number of aliphatic hydroxyl groups excluding tert-OH is 1. The molecule has 3 N–H and O–H groups in total. The van der Waals surface area contributed by atoms with Crippen LogP contribution in [0.1, 0.15) is 24.2 Å². The average molecular weight is 351 g/mol. The first kappa shape index (κ1) is 19.0. The van der Waals surface area contributed by atoms with Gasteiger partial charge in [-0.15, -0.1) is 0 Å². The highest BCUT2D eigenvalue weighted by Crippen LogP contribution is 2.31. The zero-order valence-electron chi connectivity index (χ0n) is 13.6. The van der Waals surface area contributed by atoms with Gasteiger partial charge in [0.15, 0.2) is 6.10 Å². The number of carboxylic acid groups (broad SMARTS) is 1. The van der Waals surface area contributed by atoms with Gasteiger partial charge in [0.25, 0.3) is 0 Å². The summed E-state index contributed by atoms with van der Waals surface area (Å²) >= 11 is 0. The zero-order chi connectivity index (χ0) is 18.4. The largest absolute Gasteiger partial charge is 0.479 e. The second-order valence-corrected chi connectivity index (χ2v) is 5.59. The molecule has 134 valence electrons. The SMILES string of the molecule is CC(NCCO)(OC(C(=O)O)c1ccccc1)c1cc(F)cc(F)c1. The van der Waals surface area contributed by atoms with Gasteiger partial charge in [-0.3, -0.25) is 5.32 Å². The molecule has 2 atom stereocenters. The van der Waals surface area contributed by atoms with Crippen LogP contribution in [0, 0.1) is 11.6 Å². The Hall–Kier alpha value is -2.35. The van der Waals surface area contributed by atoms with Crippen LogP contribution in [0.2, 0.25) is 0 Å². The molecule has 7 heteroatoms. The zero-order valence-corrected chi connectivity index (χ0v) is 13.6. The minimum atomic E-state index is -1.54. The minimum Gasteiger partial charge on any atom is -0.479 e. The highest BCUT2D eigenvalue weighted by atomic mass is 19.1. The molecule has 0 fully saturated rings. The van der Waals surface area contributed by atoms with E-state index in [0.29, 0.717) is 11.6 Å². The number of ether oxygens (including phenoxy) is 1. The molecule has 0 aromatic heterocycles. The molecule has 0 heterocycles. The second kappa shape index (κ2) is 8.15. The number of aliphatic hydroxyl groups is 1. The quantitative estimate of drug-likeness (QED) is 0.637. The fraction of sp³-hybridized carbons (Fsp3) is 0.278. The Balaban J connectivity index is 2.42. The summed E-state index contributed by atoms with van der Waals surface area (Å²) < 4.78 is 32.9. The standard InChI is InChI=1S/C18H19F2NO4/c1-18(21-7-8-22,13-9-14(19)11-15(20)10-13)25-16(17(23)24)12-5-3-2-4-6-12/h2-6,9-11,16,21-22H,7-8H2,1H3,(H,23,24). The Labute approximate surface area is 143 Å². The van der Waals surface area contributed by atoms with Crippen LogP contribution in [-0.4, -0.2) is 29.3 Å². The molecule has 0 aliphatic carbocycles. The van der Waals surface area contributed by atoms with E-state index in [9.17, 15) is 18.7 Å². The van der Waals surface area contributed by atoms with Gasteiger partial charge < -0.3 is 14.9 Å². The smallest absolute Gasteiger partial charge is 0.337 e. The molecule has 0 saturated heterocycles. The highest BCUT2D eigenvalue weighted by molar-refractivity contribution is 5.74. The third-order valence-corrected chi connectivity index (χ3v) is 3.67. The molecule has 25 heavy (non-hydrogen) atoms. The molecule has 0 amide bonds. The molecular weight excluding hydrogens is 332 g/mol. The van der Waals surface area contributed by atoms with E-state index in [1.54, 1.807) is 30.3 Å². The Bertz CT molecular complexity index is 706. The lowest BCUT2D eigenvalue weighted by molar-refractivity contribution is -0.170. The molecule has 2 rings (SSSR count). The Kier molecular flexibility index (Phi) is 6.19. The number of benzene rings is 2. The van der Waals surface area contributed by atoms with E-state index in [2.05, 4.69) is 5.32 Å². The van der Waals surface area contributed by atoms with Gasteiger partial charge in [0, 0.05) is 18.2 Å². The van der Waals surface area contributed by atoms with Crippen molar-refractivity contribution >= 4 is 5.97 Å². The predicted octanol–water partition coefficient (Wildman–Crippen LogP) is 2.56. The maximum atomic E-state index is 13.6. The topological polar surface area (TPSA) is 78.8 Å². The van der Waals surface area contributed by atoms with Gasteiger partial charge in [0.05, 0.1) is 6.61 Å². The van der Waals surface area contributed by atoms with Gasteiger partial charge in [-0.05, 0) is 24.6 Å². The maximum Gasteiger partial charge on any atom is 0.337 e. The second-order valence-electron chi connectivity index (χ2n) is 5.59. The number of aliphatic carboxylic acids is 1. The molecule has 0 aliphatic rings. The third kappa shape index (κ3) is 4.82. The van der Waals surface area contributed by atoms with Gasteiger partial charge >= 0.3 is 5.97 Å². The summed E-state index contributed by atoms with van der Waals surface area (Å²) in [5.74, 6) is -2.88. The monoisotopic (exact) mass is 351 g/mol. The van der Waals surface area contributed by atoms with E-state index in [-0.39, 0.29) is 18.7 Å². The Morgan fingerprint density at radius 2 is 1.80 bits per heavy atom. The maximum absolute atomic E-state index is 13.6. The van der Waals surface area contributed by atoms with Crippen LogP contribution in [0.15, 0.2) is 48.5 Å². The van der Waals surface area contributed by atoms with Gasteiger partial charge in [0.1, 0.15) is 17.4 Å². The van der Waals surface area contributed by atoms with Crippen LogP contribution >= 0.6 is 0 Å². The summed E-state index contributed by atoms with van der Waals surface area (Å²) in [5.41, 5.74) is -1.09. The fourth-order valence-corrected chi connectivity index (χ4v) is 2.46. The van der Waals surface area contributed by atoms with Crippen LogP contribution in [0.25, 0.3) is 0 Å². The molecule has 5 nitrogen and oxygen atoms in total. The summed E-state index contributed by atoms with van der Waals surface area (Å²) in [6.07, 6.45) is -1.37. The van der Waals surface area contributed by atoms with E-state index >= 15 is 0 Å². The third-order valence-electron chi connectivity index (χ3n) is 3.67. The average Bonchev–Trinajstić information content (AvgIpc) is 2.57. The van der Waals surface area contributed by atoms with Crippen molar-refractivity contribution in [3.8, 4) is 0 Å². The summed E-state index contributed by atoms with van der Waals surface area (Å²) in [5, 5.41) is 21.4. The van der Waals surface area contributed by atoms with Gasteiger partial charge in [0.2, 0.25) is 0 Å². The first-order valence-corrected chi connectivity index (χ1v) is 7.64. The summed E-state index contributed by atoms with van der Waals surface area (Å²) in [6, 6.07) is 11.0. The number of hydrogen-bond acceptors (Lipinski definition) is 4. The van der Waals surface area contributed by atoms with E-state index in [1.807, 2.05) is 0 Å². The minimum absolute atomic E-state index is 0.0375. The number of carbonyl (C=O) groups is 1. The van der Waals surface area contributed by atoms with Crippen LogP contribution in [0.4, 0.5) is 8.78 Å². The molecule has 0 aliphatic heterocycles. The van der Waals surface area contributed by atoms with Crippen molar-refractivity contribution in [1.82, 2.24) is 5.32 Å². The van der Waals surface area contributed by atoms with Crippen LogP contribution in [-0.2, 0) is 15.3 Å². The van der Waals surface area contributed by atoms with Gasteiger partial charge in [-0.2, -0.15) is 0 Å². The fourth-order valence-electron chi connectivity index (χ4n) is 2.46. The van der Waals surface area contributed by atoms with Crippen LogP contribution < -0.4 is 5.32 Å². The molecule has 2 aromatic carbocycles. The van der Waals surface area contributed by atoms with E-state index in [4.69, 9.17) is 9.84 Å². The van der Waals surface area contributed by atoms with Crippen molar-refractivity contribution in [2.24, 2.45) is 0 Å². The lowest BCUT2D eigenvalue weighted by atomic mass is 10.0. The van der Waals surface area contributed by atoms with Gasteiger partial charge in [-0.25, -0.2) is 13.6 Å². The van der Waals surface area contributed by atoms with Gasteiger partial charge in [-0.1, -0.05) is 30.3 Å². The van der Waals surface area contributed by atoms with Crippen molar-refractivity contribution in [2.45, 2.75) is 18.8 Å². The highest BCUT2D eigenvalue weighted by Gasteiger charge is 2.35. The number of nitrogens with one attached hydrogen (secondary N) is 1. The van der Waals surface area contributed by atoms with Crippen molar-refractivity contribution in [3.05, 3.63) is 71.3 Å². The molecule has 2 unspecified atom stereocenters. The van der Waals surface area contributed by atoms with E-state index < -0.39 is 29.4 Å². The molecule has 0 bridgehead atoms. The number of hydrogen-bond donors (Lipinski definition) is 3. The van der Waals surface area contributed by atoms with Crippen molar-refractivity contribution < 1.29 is 28.5 Å². The normalized spacial score (nSPS) is 14.7. The van der Waals surface area contributed by atoms with Crippen LogP contribution in [0.3, 0.4) is 0 Å². The Morgan fingerprint density at radius 1 is 1.20 bits per heavy atom. The molecular formula is C18H19F2NO4. The number of carboxylic acids is 1. The number of rotatable bonds is 8. The molecule has 0 saturated carbocycles. The van der Waals surface area contributed by atoms with Crippen molar-refractivity contribution in [1.29, 1.82) is 0 Å². The lowest BCUT2D eigenvalue weighted by Gasteiger charge is -2.34. The Morgan fingerprint density at radius 3 is 2.32 bits per heavy atom. The first-order chi connectivity index (χ1) is 11.9. The lowest BCUT2D eigenvalue weighted by Crippen LogP contribution is -2.45. The van der Waals surface area contributed by atoms with Crippen molar-refractivity contribution in [2.75, 3.05) is 13.2 Å². The van der Waals surface area contributed by atoms with Crippen molar-refractivity contribution in [3.63, 3.8) is 0 Å². The molecule has 0 spiro atoms. The van der Waals surface area contributed by atoms with Crippen LogP contribution in [0.5, 0.6) is 0 Å². The molecule has 0 radical (unpaired) electrons. The summed E-state index contributed by atoms with van der Waals surface area (Å²) in [6.45, 7) is 1.23. The van der Waals surface area contributed by atoms with E-state index in [0.717, 1.165) is 12.1 Å². The summed E-state index contributed by atoms with van der Waals surface area (Å²) in [7, 11) is 0.